The van der Waals surface area contributed by atoms with Crippen molar-refractivity contribution in [3.8, 4) is 0 Å². The molecule has 1 aromatic carbocycles. The average Bonchev–Trinajstić information content (AvgIpc) is 2.95. The summed E-state index contributed by atoms with van der Waals surface area (Å²) in [5.74, 6) is 1.92. The third-order valence-corrected chi connectivity index (χ3v) is 5.49. The SMILES string of the molecule is CN1CCC(CN=C2NC(Cc3ccccc3)CS2)CC1. The van der Waals surface area contributed by atoms with Crippen molar-refractivity contribution in [1.82, 2.24) is 10.2 Å². The van der Waals surface area contributed by atoms with Gasteiger partial charge in [-0.15, -0.1) is 0 Å². The van der Waals surface area contributed by atoms with Crippen LogP contribution in [0.2, 0.25) is 0 Å². The first-order valence-electron chi connectivity index (χ1n) is 7.96. The highest BCUT2D eigenvalue weighted by molar-refractivity contribution is 8.14. The molecule has 2 aliphatic heterocycles. The molecule has 0 amide bonds. The lowest BCUT2D eigenvalue weighted by molar-refractivity contribution is 0.224. The molecule has 114 valence electrons. The van der Waals surface area contributed by atoms with E-state index in [1.54, 1.807) is 0 Å². The molecule has 1 aromatic rings. The molecule has 2 fully saturated rings. The lowest BCUT2D eigenvalue weighted by Gasteiger charge is -2.27. The van der Waals surface area contributed by atoms with Gasteiger partial charge in [0.15, 0.2) is 5.17 Å². The molecule has 3 rings (SSSR count). The lowest BCUT2D eigenvalue weighted by Crippen LogP contribution is -2.32. The number of piperidine rings is 1. The fourth-order valence-corrected chi connectivity index (χ4v) is 3.97. The molecule has 4 heteroatoms. The number of nitrogens with one attached hydrogen (secondary N) is 1. The van der Waals surface area contributed by atoms with Gasteiger partial charge in [-0.3, -0.25) is 4.99 Å². The molecule has 1 atom stereocenters. The molecule has 21 heavy (non-hydrogen) atoms. The molecule has 1 N–H and O–H groups in total. The van der Waals surface area contributed by atoms with Gasteiger partial charge in [-0.25, -0.2) is 0 Å². The van der Waals surface area contributed by atoms with Crippen LogP contribution in [0.25, 0.3) is 0 Å². The smallest absolute Gasteiger partial charge is 0.156 e. The Bertz CT molecular complexity index is 466. The van der Waals surface area contributed by atoms with E-state index < -0.39 is 0 Å². The van der Waals surface area contributed by atoms with Gasteiger partial charge < -0.3 is 10.2 Å². The van der Waals surface area contributed by atoms with Crippen LogP contribution in [0.5, 0.6) is 0 Å². The number of hydrogen-bond donors (Lipinski definition) is 1. The van der Waals surface area contributed by atoms with E-state index in [4.69, 9.17) is 4.99 Å². The Morgan fingerprint density at radius 1 is 1.24 bits per heavy atom. The number of thioether (sulfide) groups is 1. The second-order valence-electron chi connectivity index (χ2n) is 6.23. The molecule has 0 aromatic heterocycles. The van der Waals surface area contributed by atoms with E-state index in [-0.39, 0.29) is 0 Å². The Morgan fingerprint density at radius 2 is 2.00 bits per heavy atom. The second-order valence-corrected chi connectivity index (χ2v) is 7.24. The molecule has 0 bridgehead atoms. The van der Waals surface area contributed by atoms with Crippen molar-refractivity contribution in [3.63, 3.8) is 0 Å². The average molecular weight is 303 g/mol. The Balaban J connectivity index is 1.44. The van der Waals surface area contributed by atoms with Crippen LogP contribution in [-0.4, -0.2) is 48.5 Å². The molecule has 0 radical (unpaired) electrons. The molecule has 2 heterocycles. The Morgan fingerprint density at radius 3 is 2.76 bits per heavy atom. The van der Waals surface area contributed by atoms with E-state index in [1.807, 2.05) is 11.8 Å². The highest BCUT2D eigenvalue weighted by Crippen LogP contribution is 2.20. The maximum absolute atomic E-state index is 4.81. The monoisotopic (exact) mass is 303 g/mol. The molecule has 1 unspecified atom stereocenters. The van der Waals surface area contributed by atoms with Gasteiger partial charge in [0.1, 0.15) is 0 Å². The first-order chi connectivity index (χ1) is 10.3. The number of benzene rings is 1. The van der Waals surface area contributed by atoms with E-state index in [9.17, 15) is 0 Å². The Hall–Kier alpha value is -1.00. The van der Waals surface area contributed by atoms with Crippen LogP contribution in [-0.2, 0) is 6.42 Å². The molecule has 2 saturated heterocycles. The van der Waals surface area contributed by atoms with Crippen LogP contribution < -0.4 is 5.32 Å². The van der Waals surface area contributed by atoms with Gasteiger partial charge in [-0.1, -0.05) is 42.1 Å². The van der Waals surface area contributed by atoms with Crippen LogP contribution in [0.3, 0.4) is 0 Å². The zero-order valence-electron chi connectivity index (χ0n) is 12.8. The summed E-state index contributed by atoms with van der Waals surface area (Å²) in [5, 5.41) is 4.75. The third-order valence-electron chi connectivity index (χ3n) is 4.40. The maximum Gasteiger partial charge on any atom is 0.156 e. The van der Waals surface area contributed by atoms with Crippen LogP contribution in [0, 0.1) is 5.92 Å². The first kappa shape index (κ1) is 14.9. The maximum atomic E-state index is 4.81. The standard InChI is InChI=1S/C17H25N3S/c1-20-9-7-15(8-10-20)12-18-17-19-16(13-21-17)11-14-5-3-2-4-6-14/h2-6,15-16H,7-13H2,1H3,(H,18,19). The number of amidine groups is 1. The van der Waals surface area contributed by atoms with Crippen LogP contribution in [0.15, 0.2) is 35.3 Å². The van der Waals surface area contributed by atoms with E-state index in [2.05, 4.69) is 47.6 Å². The third kappa shape index (κ3) is 4.48. The van der Waals surface area contributed by atoms with E-state index in [0.717, 1.165) is 29.8 Å². The van der Waals surface area contributed by atoms with Crippen LogP contribution in [0.4, 0.5) is 0 Å². The molecule has 0 saturated carbocycles. The van der Waals surface area contributed by atoms with Crippen molar-refractivity contribution >= 4 is 16.9 Å². The fourth-order valence-electron chi connectivity index (χ4n) is 2.99. The summed E-state index contributed by atoms with van der Waals surface area (Å²) in [5.41, 5.74) is 1.41. The zero-order valence-corrected chi connectivity index (χ0v) is 13.6. The minimum atomic E-state index is 0.536. The van der Waals surface area contributed by atoms with Gasteiger partial charge in [0.25, 0.3) is 0 Å². The van der Waals surface area contributed by atoms with E-state index >= 15 is 0 Å². The van der Waals surface area contributed by atoms with Gasteiger partial charge in [-0.05, 0) is 50.9 Å². The summed E-state index contributed by atoms with van der Waals surface area (Å²) in [6.07, 6.45) is 3.69. The summed E-state index contributed by atoms with van der Waals surface area (Å²) in [6.45, 7) is 3.46. The van der Waals surface area contributed by atoms with Crippen LogP contribution in [0.1, 0.15) is 18.4 Å². The van der Waals surface area contributed by atoms with Crippen molar-refractivity contribution in [2.24, 2.45) is 10.9 Å². The zero-order chi connectivity index (χ0) is 14.5. The minimum Gasteiger partial charge on any atom is -0.361 e. The number of likely N-dealkylation sites (tertiary alicyclic amines) is 1. The van der Waals surface area contributed by atoms with Crippen molar-refractivity contribution in [2.75, 3.05) is 32.4 Å². The highest BCUT2D eigenvalue weighted by atomic mass is 32.2. The number of rotatable bonds is 4. The molecule has 2 aliphatic rings. The Labute approximate surface area is 132 Å². The predicted molar refractivity (Wildman–Crippen MR) is 92.1 cm³/mol. The van der Waals surface area contributed by atoms with Crippen molar-refractivity contribution in [3.05, 3.63) is 35.9 Å². The first-order valence-corrected chi connectivity index (χ1v) is 8.94. The lowest BCUT2D eigenvalue weighted by atomic mass is 9.97. The fraction of sp³-hybridized carbons (Fsp3) is 0.588. The van der Waals surface area contributed by atoms with Gasteiger partial charge >= 0.3 is 0 Å². The second kappa shape index (κ2) is 7.32. The molecule has 0 aliphatic carbocycles. The Kier molecular flexibility index (Phi) is 5.20. The molecular formula is C17H25N3S. The van der Waals surface area contributed by atoms with Crippen molar-refractivity contribution in [2.45, 2.75) is 25.3 Å². The normalized spacial score (nSPS) is 26.1. The van der Waals surface area contributed by atoms with Gasteiger partial charge in [-0.2, -0.15) is 0 Å². The number of nitrogens with zero attached hydrogens (tertiary/aromatic N) is 2. The predicted octanol–water partition coefficient (Wildman–Crippen LogP) is 2.63. The van der Waals surface area contributed by atoms with Crippen molar-refractivity contribution < 1.29 is 0 Å². The van der Waals surface area contributed by atoms with Crippen molar-refractivity contribution in [1.29, 1.82) is 0 Å². The van der Waals surface area contributed by atoms with E-state index in [1.165, 1.54) is 31.5 Å². The highest BCUT2D eigenvalue weighted by Gasteiger charge is 2.21. The van der Waals surface area contributed by atoms with Gasteiger partial charge in [0, 0.05) is 18.3 Å². The molecule has 3 nitrogen and oxygen atoms in total. The summed E-state index contributed by atoms with van der Waals surface area (Å²) in [7, 11) is 2.21. The molecular weight excluding hydrogens is 278 g/mol. The summed E-state index contributed by atoms with van der Waals surface area (Å²) in [4.78, 5) is 7.23. The summed E-state index contributed by atoms with van der Waals surface area (Å²) in [6, 6.07) is 11.3. The number of aliphatic imine (C=N–C) groups is 1. The molecule has 0 spiro atoms. The summed E-state index contributed by atoms with van der Waals surface area (Å²) < 4.78 is 0. The van der Waals surface area contributed by atoms with Crippen LogP contribution >= 0.6 is 11.8 Å². The van der Waals surface area contributed by atoms with E-state index in [0.29, 0.717) is 6.04 Å². The topological polar surface area (TPSA) is 27.6 Å². The van der Waals surface area contributed by atoms with Gasteiger partial charge in [0.05, 0.1) is 0 Å². The number of hydrogen-bond acceptors (Lipinski definition) is 3. The quantitative estimate of drug-likeness (QED) is 0.926. The summed E-state index contributed by atoms with van der Waals surface area (Å²) >= 11 is 1.89. The minimum absolute atomic E-state index is 0.536. The van der Waals surface area contributed by atoms with Gasteiger partial charge in [0.2, 0.25) is 0 Å². The largest absolute Gasteiger partial charge is 0.361 e.